The van der Waals surface area contributed by atoms with Crippen molar-refractivity contribution in [1.29, 1.82) is 0 Å². The van der Waals surface area contributed by atoms with Crippen molar-refractivity contribution in [2.45, 2.75) is 12.3 Å². The average Bonchev–Trinajstić information content (AvgIpc) is 2.38. The van der Waals surface area contributed by atoms with Gasteiger partial charge in [-0.15, -0.1) is 0 Å². The van der Waals surface area contributed by atoms with Crippen LogP contribution in [0.1, 0.15) is 17.9 Å². The van der Waals surface area contributed by atoms with Crippen molar-refractivity contribution >= 4 is 5.97 Å². The number of ether oxygens (including phenoxy) is 3. The number of rotatable bonds is 7. The molecular weight excluding hydrogens is 236 g/mol. The molecule has 5 nitrogen and oxygen atoms in total. The van der Waals surface area contributed by atoms with E-state index in [0.717, 1.165) is 0 Å². The maximum atomic E-state index is 11.1. The summed E-state index contributed by atoms with van der Waals surface area (Å²) in [4.78, 5) is 11.1. The van der Waals surface area contributed by atoms with E-state index in [1.54, 1.807) is 18.2 Å². The third-order valence-electron chi connectivity index (χ3n) is 2.71. The minimum absolute atomic E-state index is 0.354. The molecule has 0 saturated heterocycles. The van der Waals surface area contributed by atoms with E-state index in [1.165, 1.54) is 21.3 Å². The van der Waals surface area contributed by atoms with Crippen molar-refractivity contribution in [2.24, 2.45) is 0 Å². The van der Waals surface area contributed by atoms with Gasteiger partial charge in [-0.25, -0.2) is 0 Å². The highest BCUT2D eigenvalue weighted by molar-refractivity contribution is 5.74. The molecule has 1 rings (SSSR count). The number of aliphatic carboxylic acids is 1. The molecule has 0 N–H and O–H groups in total. The summed E-state index contributed by atoms with van der Waals surface area (Å²) in [6.07, 6.45) is 0.355. The maximum absolute atomic E-state index is 11.1. The lowest BCUT2D eigenvalue weighted by molar-refractivity contribution is -0.308. The van der Waals surface area contributed by atoms with Gasteiger partial charge >= 0.3 is 0 Å². The van der Waals surface area contributed by atoms with Crippen molar-refractivity contribution < 1.29 is 24.1 Å². The van der Waals surface area contributed by atoms with Crippen molar-refractivity contribution in [3.63, 3.8) is 0 Å². The Morgan fingerprint density at radius 1 is 1.22 bits per heavy atom. The van der Waals surface area contributed by atoms with Gasteiger partial charge in [0.05, 0.1) is 14.2 Å². The molecule has 100 valence electrons. The van der Waals surface area contributed by atoms with E-state index in [-0.39, 0.29) is 0 Å². The van der Waals surface area contributed by atoms with Crippen molar-refractivity contribution in [3.05, 3.63) is 23.8 Å². The number of carbonyl (C=O) groups excluding carboxylic acids is 1. The molecule has 0 aromatic heterocycles. The summed E-state index contributed by atoms with van der Waals surface area (Å²) in [5.41, 5.74) is 0.615. The third kappa shape index (κ3) is 3.37. The van der Waals surface area contributed by atoms with E-state index >= 15 is 0 Å². The number of carboxylic acids is 1. The summed E-state index contributed by atoms with van der Waals surface area (Å²) < 4.78 is 15.1. The average molecular weight is 253 g/mol. The number of methoxy groups -OCH3 is 3. The maximum Gasteiger partial charge on any atom is 0.161 e. The number of carboxylic acid groups (broad SMARTS) is 1. The Morgan fingerprint density at radius 3 is 2.39 bits per heavy atom. The highest BCUT2D eigenvalue weighted by Gasteiger charge is 2.15. The van der Waals surface area contributed by atoms with Crippen molar-refractivity contribution in [2.75, 3.05) is 27.9 Å². The van der Waals surface area contributed by atoms with Gasteiger partial charge in [0.15, 0.2) is 11.5 Å². The molecule has 18 heavy (non-hydrogen) atoms. The minimum Gasteiger partial charge on any atom is -0.549 e. The Labute approximate surface area is 106 Å². The molecule has 1 aromatic carbocycles. The molecule has 5 heteroatoms. The summed E-state index contributed by atoms with van der Waals surface area (Å²) in [5, 5.41) is 11.1. The van der Waals surface area contributed by atoms with Gasteiger partial charge in [0.2, 0.25) is 0 Å². The number of hydrogen-bond donors (Lipinski definition) is 0. The van der Waals surface area contributed by atoms with Crippen LogP contribution in [0.15, 0.2) is 18.2 Å². The SMILES string of the molecule is COCCC(C(=O)[O-])c1ccc(OC)c(OC)c1. The molecule has 0 amide bonds. The minimum atomic E-state index is -1.13. The molecule has 1 aromatic rings. The molecule has 0 bridgehead atoms. The lowest BCUT2D eigenvalue weighted by Gasteiger charge is -2.19. The first-order chi connectivity index (χ1) is 8.63. The monoisotopic (exact) mass is 253 g/mol. The molecule has 1 unspecified atom stereocenters. The van der Waals surface area contributed by atoms with Crippen LogP contribution in [0.5, 0.6) is 11.5 Å². The largest absolute Gasteiger partial charge is 0.549 e. The summed E-state index contributed by atoms with van der Waals surface area (Å²) in [5.74, 6) is -0.784. The van der Waals surface area contributed by atoms with Crippen molar-refractivity contribution in [1.82, 2.24) is 0 Å². The number of hydrogen-bond acceptors (Lipinski definition) is 5. The zero-order valence-electron chi connectivity index (χ0n) is 10.8. The molecule has 0 aliphatic rings. The van der Waals surface area contributed by atoms with Gasteiger partial charge in [0.1, 0.15) is 0 Å². The van der Waals surface area contributed by atoms with E-state index in [9.17, 15) is 9.90 Å². The number of carbonyl (C=O) groups is 1. The van der Waals surface area contributed by atoms with Crippen LogP contribution in [0, 0.1) is 0 Å². The lowest BCUT2D eigenvalue weighted by atomic mass is 9.96. The second-order valence-corrected chi connectivity index (χ2v) is 3.77. The molecule has 0 aliphatic heterocycles. The van der Waals surface area contributed by atoms with Gasteiger partial charge < -0.3 is 24.1 Å². The van der Waals surface area contributed by atoms with Gasteiger partial charge in [0.25, 0.3) is 0 Å². The van der Waals surface area contributed by atoms with Gasteiger partial charge in [-0.3, -0.25) is 0 Å². The molecule has 0 radical (unpaired) electrons. The summed E-state index contributed by atoms with van der Waals surface area (Å²) in [6, 6.07) is 5.02. The van der Waals surface area contributed by atoms with Crippen LogP contribution in [0.2, 0.25) is 0 Å². The first-order valence-corrected chi connectivity index (χ1v) is 5.55. The standard InChI is InChI=1S/C13H18O5/c1-16-7-6-10(13(14)15)9-4-5-11(17-2)12(8-9)18-3/h4-5,8,10H,6-7H2,1-3H3,(H,14,15)/p-1. The lowest BCUT2D eigenvalue weighted by Crippen LogP contribution is -2.30. The zero-order valence-corrected chi connectivity index (χ0v) is 10.8. The summed E-state index contributed by atoms with van der Waals surface area (Å²) >= 11 is 0. The molecule has 0 spiro atoms. The summed E-state index contributed by atoms with van der Waals surface area (Å²) in [7, 11) is 4.56. The molecule has 0 saturated carbocycles. The Bertz CT molecular complexity index is 402. The summed E-state index contributed by atoms with van der Waals surface area (Å²) in [6.45, 7) is 0.354. The fourth-order valence-corrected chi connectivity index (χ4v) is 1.73. The first-order valence-electron chi connectivity index (χ1n) is 5.55. The fourth-order valence-electron chi connectivity index (χ4n) is 1.73. The highest BCUT2D eigenvalue weighted by atomic mass is 16.5. The Balaban J connectivity index is 3.01. The van der Waals surface area contributed by atoms with Crippen LogP contribution >= 0.6 is 0 Å². The zero-order chi connectivity index (χ0) is 13.5. The Morgan fingerprint density at radius 2 is 1.89 bits per heavy atom. The molecule has 0 aliphatic carbocycles. The fraction of sp³-hybridized carbons (Fsp3) is 0.462. The Kier molecular flexibility index (Phi) is 5.45. The van der Waals surface area contributed by atoms with E-state index in [2.05, 4.69) is 0 Å². The van der Waals surface area contributed by atoms with Crippen LogP contribution in [0.25, 0.3) is 0 Å². The highest BCUT2D eigenvalue weighted by Crippen LogP contribution is 2.31. The molecule has 1 atom stereocenters. The molecular formula is C13H17O5-. The van der Waals surface area contributed by atoms with Crippen LogP contribution in [-0.2, 0) is 9.53 Å². The van der Waals surface area contributed by atoms with E-state index in [4.69, 9.17) is 14.2 Å². The van der Waals surface area contributed by atoms with Gasteiger partial charge in [-0.05, 0) is 24.1 Å². The first kappa shape index (κ1) is 14.3. The normalized spacial score (nSPS) is 11.9. The number of benzene rings is 1. The topological polar surface area (TPSA) is 67.8 Å². The van der Waals surface area contributed by atoms with Crippen LogP contribution < -0.4 is 14.6 Å². The smallest absolute Gasteiger partial charge is 0.161 e. The van der Waals surface area contributed by atoms with Gasteiger partial charge in [-0.1, -0.05) is 6.07 Å². The van der Waals surface area contributed by atoms with Gasteiger partial charge in [-0.2, -0.15) is 0 Å². The molecule has 0 fully saturated rings. The van der Waals surface area contributed by atoms with E-state index in [1.807, 2.05) is 0 Å². The van der Waals surface area contributed by atoms with Crippen LogP contribution in [-0.4, -0.2) is 33.9 Å². The van der Waals surface area contributed by atoms with Gasteiger partial charge in [0, 0.05) is 25.6 Å². The van der Waals surface area contributed by atoms with E-state index < -0.39 is 11.9 Å². The van der Waals surface area contributed by atoms with Crippen LogP contribution in [0.4, 0.5) is 0 Å². The van der Waals surface area contributed by atoms with Crippen molar-refractivity contribution in [3.8, 4) is 11.5 Å². The second kappa shape index (κ2) is 6.86. The quantitative estimate of drug-likeness (QED) is 0.710. The van der Waals surface area contributed by atoms with Crippen LogP contribution in [0.3, 0.4) is 0 Å². The van der Waals surface area contributed by atoms with E-state index in [0.29, 0.717) is 30.1 Å². The predicted molar refractivity (Wildman–Crippen MR) is 63.8 cm³/mol. The third-order valence-corrected chi connectivity index (χ3v) is 2.71. The Hall–Kier alpha value is -1.75. The second-order valence-electron chi connectivity index (χ2n) is 3.77. The predicted octanol–water partition coefficient (Wildman–Crippen LogP) is 0.574. The molecule has 0 heterocycles.